The average molecular weight is 259 g/mol. The lowest BCUT2D eigenvalue weighted by atomic mass is 10.2. The number of hydrogen-bond acceptors (Lipinski definition) is 3. The van der Waals surface area contributed by atoms with Crippen LogP contribution < -0.4 is 10.1 Å². The maximum Gasteiger partial charge on any atom is 0.260 e. The van der Waals surface area contributed by atoms with Crippen LogP contribution in [-0.2, 0) is 6.42 Å². The molecule has 1 amide bonds. The smallest absolute Gasteiger partial charge is 0.260 e. The third-order valence-electron chi connectivity index (χ3n) is 2.68. The number of benzene rings is 1. The fraction of sp³-hybridized carbons (Fsp3) is 0.286. The molecule has 1 heterocycles. The van der Waals surface area contributed by atoms with E-state index in [4.69, 9.17) is 4.74 Å². The van der Waals surface area contributed by atoms with Crippen LogP contribution in [0.1, 0.15) is 29.9 Å². The van der Waals surface area contributed by atoms with Crippen molar-refractivity contribution in [3.8, 4) is 5.75 Å². The highest BCUT2D eigenvalue weighted by Crippen LogP contribution is 2.19. The number of amides is 1. The van der Waals surface area contributed by atoms with Gasteiger partial charge in [0.15, 0.2) is 5.82 Å². The van der Waals surface area contributed by atoms with Gasteiger partial charge in [-0.25, -0.2) is 0 Å². The second-order valence-corrected chi connectivity index (χ2v) is 4.02. The van der Waals surface area contributed by atoms with E-state index in [0.29, 0.717) is 23.7 Å². The summed E-state index contributed by atoms with van der Waals surface area (Å²) >= 11 is 0. The highest BCUT2D eigenvalue weighted by atomic mass is 16.5. The molecule has 19 heavy (non-hydrogen) atoms. The van der Waals surface area contributed by atoms with Crippen LogP contribution in [0.15, 0.2) is 30.3 Å². The predicted molar refractivity (Wildman–Crippen MR) is 73.5 cm³/mol. The summed E-state index contributed by atoms with van der Waals surface area (Å²) in [6.45, 7) is 4.42. The number of carbonyl (C=O) groups excluding carboxylic acids is 1. The number of H-pyrrole nitrogens is 1. The molecule has 0 saturated heterocycles. The molecular formula is C14H17N3O2. The van der Waals surface area contributed by atoms with Gasteiger partial charge in [-0.3, -0.25) is 9.89 Å². The van der Waals surface area contributed by atoms with Gasteiger partial charge in [-0.2, -0.15) is 5.10 Å². The summed E-state index contributed by atoms with van der Waals surface area (Å²) in [6.07, 6.45) is 0.846. The molecule has 0 radical (unpaired) electrons. The van der Waals surface area contributed by atoms with E-state index in [9.17, 15) is 4.79 Å². The van der Waals surface area contributed by atoms with E-state index >= 15 is 0 Å². The Morgan fingerprint density at radius 2 is 2.16 bits per heavy atom. The van der Waals surface area contributed by atoms with Crippen LogP contribution >= 0.6 is 0 Å². The van der Waals surface area contributed by atoms with Gasteiger partial charge < -0.3 is 10.1 Å². The number of rotatable bonds is 5. The molecule has 0 atom stereocenters. The average Bonchev–Trinajstić information content (AvgIpc) is 2.87. The molecule has 1 aromatic heterocycles. The van der Waals surface area contributed by atoms with Crippen LogP contribution in [0.25, 0.3) is 0 Å². The van der Waals surface area contributed by atoms with Crippen molar-refractivity contribution >= 4 is 11.7 Å². The molecule has 5 heteroatoms. The summed E-state index contributed by atoms with van der Waals surface area (Å²) in [4.78, 5) is 12.2. The summed E-state index contributed by atoms with van der Waals surface area (Å²) in [5.74, 6) is 0.875. The topological polar surface area (TPSA) is 67.0 Å². The number of nitrogens with zero attached hydrogens (tertiary/aromatic N) is 1. The van der Waals surface area contributed by atoms with Gasteiger partial charge >= 0.3 is 0 Å². The number of hydrogen-bond donors (Lipinski definition) is 2. The summed E-state index contributed by atoms with van der Waals surface area (Å²) in [7, 11) is 0. The van der Waals surface area contributed by atoms with Crippen LogP contribution in [0, 0.1) is 0 Å². The Labute approximate surface area is 112 Å². The Morgan fingerprint density at radius 1 is 1.37 bits per heavy atom. The molecule has 100 valence electrons. The van der Waals surface area contributed by atoms with Crippen LogP contribution in [0.4, 0.5) is 5.82 Å². The Morgan fingerprint density at radius 3 is 2.84 bits per heavy atom. The van der Waals surface area contributed by atoms with Crippen molar-refractivity contribution in [1.29, 1.82) is 0 Å². The first-order valence-corrected chi connectivity index (χ1v) is 6.32. The fourth-order valence-electron chi connectivity index (χ4n) is 1.73. The van der Waals surface area contributed by atoms with Gasteiger partial charge in [-0.05, 0) is 25.5 Å². The molecule has 0 fully saturated rings. The molecule has 0 spiro atoms. The lowest BCUT2D eigenvalue weighted by Crippen LogP contribution is -2.13. The van der Waals surface area contributed by atoms with Gasteiger partial charge in [-0.15, -0.1) is 0 Å². The quantitative estimate of drug-likeness (QED) is 0.867. The van der Waals surface area contributed by atoms with Crippen molar-refractivity contribution in [3.05, 3.63) is 41.6 Å². The minimum absolute atomic E-state index is 0.224. The number of nitrogens with one attached hydrogen (secondary N) is 2. The number of anilines is 1. The van der Waals surface area contributed by atoms with E-state index in [1.807, 2.05) is 26.0 Å². The molecule has 0 aliphatic rings. The molecule has 0 unspecified atom stereocenters. The molecular weight excluding hydrogens is 242 g/mol. The first kappa shape index (κ1) is 13.1. The lowest BCUT2D eigenvalue weighted by molar-refractivity contribution is 0.102. The van der Waals surface area contributed by atoms with E-state index in [-0.39, 0.29) is 5.91 Å². The van der Waals surface area contributed by atoms with E-state index < -0.39 is 0 Å². The molecule has 5 nitrogen and oxygen atoms in total. The van der Waals surface area contributed by atoms with Crippen LogP contribution in [0.2, 0.25) is 0 Å². The molecule has 0 aliphatic heterocycles. The zero-order chi connectivity index (χ0) is 13.7. The van der Waals surface area contributed by atoms with Gasteiger partial charge in [0.1, 0.15) is 5.75 Å². The highest BCUT2D eigenvalue weighted by molar-refractivity contribution is 6.05. The van der Waals surface area contributed by atoms with Crippen molar-refractivity contribution in [1.82, 2.24) is 10.2 Å². The van der Waals surface area contributed by atoms with Crippen LogP contribution in [0.5, 0.6) is 5.75 Å². The number of aromatic amines is 1. The van der Waals surface area contributed by atoms with Gasteiger partial charge in [0, 0.05) is 11.8 Å². The Kier molecular flexibility index (Phi) is 4.18. The van der Waals surface area contributed by atoms with Crippen molar-refractivity contribution in [2.75, 3.05) is 11.9 Å². The van der Waals surface area contributed by atoms with Crippen molar-refractivity contribution in [2.24, 2.45) is 0 Å². The number of ether oxygens (including phenoxy) is 1. The molecule has 0 bridgehead atoms. The third-order valence-corrected chi connectivity index (χ3v) is 2.68. The summed E-state index contributed by atoms with van der Waals surface area (Å²) < 4.78 is 5.43. The predicted octanol–water partition coefficient (Wildman–Crippen LogP) is 2.62. The maximum atomic E-state index is 12.2. The Hall–Kier alpha value is -2.30. The van der Waals surface area contributed by atoms with E-state index in [0.717, 1.165) is 12.1 Å². The van der Waals surface area contributed by atoms with Crippen molar-refractivity contribution in [2.45, 2.75) is 20.3 Å². The second-order valence-electron chi connectivity index (χ2n) is 4.02. The zero-order valence-corrected chi connectivity index (χ0v) is 11.1. The van der Waals surface area contributed by atoms with Gasteiger partial charge in [-0.1, -0.05) is 19.1 Å². The number of aryl methyl sites for hydroxylation is 1. The Balaban J connectivity index is 2.15. The van der Waals surface area contributed by atoms with Crippen LogP contribution in [0.3, 0.4) is 0 Å². The Bertz CT molecular complexity index is 563. The second kappa shape index (κ2) is 6.04. The zero-order valence-electron chi connectivity index (χ0n) is 11.1. The van der Waals surface area contributed by atoms with Gasteiger partial charge in [0.2, 0.25) is 0 Å². The number of para-hydroxylation sites is 1. The van der Waals surface area contributed by atoms with E-state index in [1.54, 1.807) is 18.2 Å². The van der Waals surface area contributed by atoms with Crippen LogP contribution in [-0.4, -0.2) is 22.7 Å². The largest absolute Gasteiger partial charge is 0.493 e. The standard InChI is InChI=1S/C14H17N3O2/c1-3-10-9-13(17-16-10)15-14(18)11-7-5-6-8-12(11)19-4-2/h5-9H,3-4H2,1-2H3,(H2,15,16,17,18). The highest BCUT2D eigenvalue weighted by Gasteiger charge is 2.13. The minimum Gasteiger partial charge on any atom is -0.493 e. The van der Waals surface area contributed by atoms with E-state index in [2.05, 4.69) is 15.5 Å². The third kappa shape index (κ3) is 3.13. The van der Waals surface area contributed by atoms with Gasteiger partial charge in [0.05, 0.1) is 12.2 Å². The molecule has 2 rings (SSSR count). The normalized spacial score (nSPS) is 10.2. The first-order chi connectivity index (χ1) is 9.24. The van der Waals surface area contributed by atoms with Gasteiger partial charge in [0.25, 0.3) is 5.91 Å². The SMILES string of the molecule is CCOc1ccccc1C(=O)Nc1cc(CC)[nH]n1. The number of aromatic nitrogens is 2. The lowest BCUT2D eigenvalue weighted by Gasteiger charge is -2.08. The summed E-state index contributed by atoms with van der Waals surface area (Å²) in [6, 6.07) is 8.97. The monoisotopic (exact) mass is 259 g/mol. The molecule has 0 aliphatic carbocycles. The molecule has 1 aromatic carbocycles. The van der Waals surface area contributed by atoms with E-state index in [1.165, 1.54) is 0 Å². The first-order valence-electron chi connectivity index (χ1n) is 6.32. The molecule has 2 N–H and O–H groups in total. The maximum absolute atomic E-state index is 12.2. The number of carbonyl (C=O) groups is 1. The van der Waals surface area contributed by atoms with Crippen molar-refractivity contribution in [3.63, 3.8) is 0 Å². The molecule has 2 aromatic rings. The minimum atomic E-state index is -0.224. The van der Waals surface area contributed by atoms with Crippen molar-refractivity contribution < 1.29 is 9.53 Å². The fourth-order valence-corrected chi connectivity index (χ4v) is 1.73. The molecule has 0 saturated carbocycles. The summed E-state index contributed by atoms with van der Waals surface area (Å²) in [5, 5.41) is 9.64. The summed E-state index contributed by atoms with van der Waals surface area (Å²) in [5.41, 5.74) is 1.48.